The van der Waals surface area contributed by atoms with E-state index in [-0.39, 0.29) is 12.5 Å². The van der Waals surface area contributed by atoms with Crippen LogP contribution in [0.15, 0.2) is 0 Å². The number of nitrogens with two attached hydrogens (primary N) is 1. The monoisotopic (exact) mass is 195 g/mol. The molecule has 1 atom stereocenters. The molecule has 1 unspecified atom stereocenters. The Morgan fingerprint density at radius 3 is 2.08 bits per heavy atom. The molecule has 0 aromatic carbocycles. The summed E-state index contributed by atoms with van der Waals surface area (Å²) >= 11 is 0. The average molecular weight is 195 g/mol. The molecule has 13 heavy (non-hydrogen) atoms. The fourth-order valence-electron chi connectivity index (χ4n) is 2.13. The van der Waals surface area contributed by atoms with Crippen LogP contribution in [0.2, 0.25) is 0 Å². The van der Waals surface area contributed by atoms with Crippen LogP contribution in [0.25, 0.3) is 0 Å². The molecular formula is C9H16F3N. The van der Waals surface area contributed by atoms with Gasteiger partial charge in [-0.15, -0.1) is 0 Å². The minimum atomic E-state index is -4.10. The van der Waals surface area contributed by atoms with Crippen molar-refractivity contribution in [3.63, 3.8) is 0 Å². The summed E-state index contributed by atoms with van der Waals surface area (Å²) in [5.74, 6) is -1.49. The van der Waals surface area contributed by atoms with E-state index in [1.165, 1.54) is 0 Å². The van der Waals surface area contributed by atoms with Gasteiger partial charge >= 0.3 is 6.18 Å². The van der Waals surface area contributed by atoms with Gasteiger partial charge in [-0.3, -0.25) is 0 Å². The molecule has 0 aromatic heterocycles. The Balaban J connectivity index is 2.54. The molecule has 0 amide bonds. The molecule has 78 valence electrons. The zero-order valence-corrected chi connectivity index (χ0v) is 7.61. The molecule has 1 fully saturated rings. The minimum Gasteiger partial charge on any atom is -0.330 e. The van der Waals surface area contributed by atoms with Gasteiger partial charge in [0.15, 0.2) is 0 Å². The van der Waals surface area contributed by atoms with Crippen molar-refractivity contribution >= 4 is 0 Å². The van der Waals surface area contributed by atoms with E-state index < -0.39 is 12.1 Å². The number of halogens is 3. The van der Waals surface area contributed by atoms with E-state index in [1.807, 2.05) is 0 Å². The van der Waals surface area contributed by atoms with Gasteiger partial charge in [-0.1, -0.05) is 19.3 Å². The maximum Gasteiger partial charge on any atom is 0.393 e. The summed E-state index contributed by atoms with van der Waals surface area (Å²) in [6, 6.07) is 0. The molecule has 4 heteroatoms. The lowest BCUT2D eigenvalue weighted by Crippen LogP contribution is -2.37. The van der Waals surface area contributed by atoms with Gasteiger partial charge < -0.3 is 5.73 Å². The first-order chi connectivity index (χ1) is 6.05. The molecule has 1 rings (SSSR count). The van der Waals surface area contributed by atoms with Crippen molar-refractivity contribution in [1.82, 2.24) is 0 Å². The highest BCUT2D eigenvalue weighted by atomic mass is 19.4. The second kappa shape index (κ2) is 4.31. The molecule has 0 bridgehead atoms. The van der Waals surface area contributed by atoms with E-state index in [0.717, 1.165) is 19.3 Å². The maximum absolute atomic E-state index is 12.4. The topological polar surface area (TPSA) is 26.0 Å². The van der Waals surface area contributed by atoms with Crippen LogP contribution in [0.1, 0.15) is 32.1 Å². The van der Waals surface area contributed by atoms with Crippen molar-refractivity contribution < 1.29 is 13.2 Å². The summed E-state index contributed by atoms with van der Waals surface area (Å²) < 4.78 is 37.3. The zero-order chi connectivity index (χ0) is 9.90. The summed E-state index contributed by atoms with van der Waals surface area (Å²) in [6.45, 7) is -0.256. The largest absolute Gasteiger partial charge is 0.393 e. The van der Waals surface area contributed by atoms with Crippen molar-refractivity contribution in [2.24, 2.45) is 17.6 Å². The third-order valence-electron chi connectivity index (χ3n) is 2.89. The molecule has 0 radical (unpaired) electrons. The number of alkyl halides is 3. The first-order valence-electron chi connectivity index (χ1n) is 4.82. The summed E-state index contributed by atoms with van der Waals surface area (Å²) in [4.78, 5) is 0. The lowest BCUT2D eigenvalue weighted by atomic mass is 9.79. The smallest absolute Gasteiger partial charge is 0.330 e. The molecule has 1 nitrogen and oxygen atoms in total. The highest BCUT2D eigenvalue weighted by molar-refractivity contribution is 4.79. The summed E-state index contributed by atoms with van der Waals surface area (Å²) in [7, 11) is 0. The van der Waals surface area contributed by atoms with Crippen LogP contribution < -0.4 is 5.73 Å². The molecular weight excluding hydrogens is 179 g/mol. The molecule has 1 saturated carbocycles. The third kappa shape index (κ3) is 2.86. The highest BCUT2D eigenvalue weighted by Crippen LogP contribution is 2.38. The van der Waals surface area contributed by atoms with Crippen LogP contribution in [0.4, 0.5) is 13.2 Å². The van der Waals surface area contributed by atoms with E-state index in [4.69, 9.17) is 5.73 Å². The maximum atomic E-state index is 12.4. The van der Waals surface area contributed by atoms with Gasteiger partial charge in [0.2, 0.25) is 0 Å². The van der Waals surface area contributed by atoms with Crippen LogP contribution in [0, 0.1) is 11.8 Å². The number of hydrogen-bond acceptors (Lipinski definition) is 1. The van der Waals surface area contributed by atoms with Crippen LogP contribution in [-0.4, -0.2) is 12.7 Å². The van der Waals surface area contributed by atoms with Gasteiger partial charge in [0.25, 0.3) is 0 Å². The Kier molecular flexibility index (Phi) is 3.59. The van der Waals surface area contributed by atoms with Crippen LogP contribution in [0.5, 0.6) is 0 Å². The second-order valence-corrected chi connectivity index (χ2v) is 3.78. The molecule has 0 spiro atoms. The summed E-state index contributed by atoms with van der Waals surface area (Å²) in [5.41, 5.74) is 5.17. The Morgan fingerprint density at radius 1 is 1.15 bits per heavy atom. The van der Waals surface area contributed by atoms with Gasteiger partial charge in [0, 0.05) is 6.54 Å². The van der Waals surface area contributed by atoms with E-state index >= 15 is 0 Å². The third-order valence-corrected chi connectivity index (χ3v) is 2.89. The Hall–Kier alpha value is -0.250. The normalized spacial score (nSPS) is 23.1. The van der Waals surface area contributed by atoms with E-state index in [2.05, 4.69) is 0 Å². The van der Waals surface area contributed by atoms with Crippen LogP contribution in [-0.2, 0) is 0 Å². The second-order valence-electron chi connectivity index (χ2n) is 3.78. The Labute approximate surface area is 76.5 Å². The fourth-order valence-corrected chi connectivity index (χ4v) is 2.13. The zero-order valence-electron chi connectivity index (χ0n) is 7.61. The van der Waals surface area contributed by atoms with Crippen molar-refractivity contribution in [3.8, 4) is 0 Å². The SMILES string of the molecule is NCC(C1CCCCC1)C(F)(F)F. The quantitative estimate of drug-likeness (QED) is 0.720. The standard InChI is InChI=1S/C9H16F3N/c10-9(11,12)8(6-13)7-4-2-1-3-5-7/h7-8H,1-6,13H2. The molecule has 1 aliphatic carbocycles. The predicted octanol–water partition coefficient (Wildman–Crippen LogP) is 2.70. The van der Waals surface area contributed by atoms with Gasteiger partial charge in [-0.2, -0.15) is 13.2 Å². The lowest BCUT2D eigenvalue weighted by Gasteiger charge is -2.30. The van der Waals surface area contributed by atoms with E-state index in [0.29, 0.717) is 12.8 Å². The summed E-state index contributed by atoms with van der Waals surface area (Å²) in [6.07, 6.45) is 0.222. The molecule has 0 heterocycles. The first-order valence-corrected chi connectivity index (χ1v) is 4.82. The summed E-state index contributed by atoms with van der Waals surface area (Å²) in [5, 5.41) is 0. The van der Waals surface area contributed by atoms with Crippen molar-refractivity contribution in [2.45, 2.75) is 38.3 Å². The van der Waals surface area contributed by atoms with Gasteiger partial charge in [0.1, 0.15) is 0 Å². The minimum absolute atomic E-state index is 0.223. The lowest BCUT2D eigenvalue weighted by molar-refractivity contribution is -0.188. The average Bonchev–Trinajstić information content (AvgIpc) is 2.05. The molecule has 2 N–H and O–H groups in total. The van der Waals surface area contributed by atoms with Crippen molar-refractivity contribution in [1.29, 1.82) is 0 Å². The fraction of sp³-hybridized carbons (Fsp3) is 1.00. The molecule has 0 saturated heterocycles. The van der Waals surface area contributed by atoms with Gasteiger partial charge in [-0.25, -0.2) is 0 Å². The predicted molar refractivity (Wildman–Crippen MR) is 45.2 cm³/mol. The highest BCUT2D eigenvalue weighted by Gasteiger charge is 2.43. The van der Waals surface area contributed by atoms with E-state index in [9.17, 15) is 13.2 Å². The first kappa shape index (κ1) is 10.8. The molecule has 0 aliphatic heterocycles. The Bertz CT molecular complexity index is 149. The van der Waals surface area contributed by atoms with Gasteiger partial charge in [-0.05, 0) is 18.8 Å². The number of hydrogen-bond donors (Lipinski definition) is 1. The molecule has 0 aromatic rings. The van der Waals surface area contributed by atoms with Crippen LogP contribution in [0.3, 0.4) is 0 Å². The van der Waals surface area contributed by atoms with E-state index in [1.54, 1.807) is 0 Å². The van der Waals surface area contributed by atoms with Gasteiger partial charge in [0.05, 0.1) is 5.92 Å². The Morgan fingerprint density at radius 2 is 1.69 bits per heavy atom. The van der Waals surface area contributed by atoms with Crippen molar-refractivity contribution in [2.75, 3.05) is 6.54 Å². The van der Waals surface area contributed by atoms with Crippen LogP contribution >= 0.6 is 0 Å². The number of rotatable bonds is 2. The van der Waals surface area contributed by atoms with Crippen molar-refractivity contribution in [3.05, 3.63) is 0 Å². The molecule has 1 aliphatic rings.